The molecule has 2 amide bonds. The number of urea groups is 1. The van der Waals surface area contributed by atoms with Crippen molar-refractivity contribution in [3.8, 4) is 0 Å². The van der Waals surface area contributed by atoms with Crippen molar-refractivity contribution in [2.24, 2.45) is 5.92 Å². The van der Waals surface area contributed by atoms with Gasteiger partial charge in [0.2, 0.25) is 0 Å². The number of thiazole rings is 1. The molecular weight excluding hydrogens is 292 g/mol. The second-order valence-electron chi connectivity index (χ2n) is 5.30. The van der Waals surface area contributed by atoms with Crippen LogP contribution >= 0.6 is 11.3 Å². The first-order chi connectivity index (χ1) is 9.97. The molecule has 1 aliphatic rings. The van der Waals surface area contributed by atoms with Crippen molar-refractivity contribution in [1.82, 2.24) is 15.2 Å². The Labute approximate surface area is 127 Å². The lowest BCUT2D eigenvalue weighted by Crippen LogP contribution is -2.46. The van der Waals surface area contributed by atoms with E-state index < -0.39 is 11.9 Å². The van der Waals surface area contributed by atoms with Gasteiger partial charge in [-0.2, -0.15) is 0 Å². The highest BCUT2D eigenvalue weighted by atomic mass is 32.1. The molecule has 2 heterocycles. The summed E-state index contributed by atoms with van der Waals surface area (Å²) >= 11 is 1.52. The number of anilines is 1. The first-order valence-corrected chi connectivity index (χ1v) is 7.72. The number of aromatic nitrogens is 1. The van der Waals surface area contributed by atoms with Crippen LogP contribution in [0, 0.1) is 5.92 Å². The van der Waals surface area contributed by atoms with Gasteiger partial charge in [-0.3, -0.25) is 4.79 Å². The summed E-state index contributed by atoms with van der Waals surface area (Å²) in [6, 6.07) is -0.222. The molecule has 0 aromatic carbocycles. The molecule has 7 nitrogen and oxygen atoms in total. The number of nitrogens with one attached hydrogen (secondary N) is 1. The average molecular weight is 312 g/mol. The van der Waals surface area contributed by atoms with Gasteiger partial charge in [0.25, 0.3) is 0 Å². The van der Waals surface area contributed by atoms with Crippen LogP contribution in [-0.4, -0.2) is 54.2 Å². The molecule has 0 saturated carbocycles. The smallest absolute Gasteiger partial charge is 0.317 e. The van der Waals surface area contributed by atoms with E-state index in [2.05, 4.69) is 10.3 Å². The molecule has 1 saturated heterocycles. The van der Waals surface area contributed by atoms with Crippen molar-refractivity contribution in [3.05, 3.63) is 11.1 Å². The van der Waals surface area contributed by atoms with Crippen molar-refractivity contribution in [2.45, 2.75) is 19.4 Å². The Morgan fingerprint density at radius 2 is 2.33 bits per heavy atom. The van der Waals surface area contributed by atoms with Gasteiger partial charge in [0.05, 0.1) is 18.2 Å². The summed E-state index contributed by atoms with van der Waals surface area (Å²) in [5, 5.41) is 14.6. The minimum absolute atomic E-state index is 0.222. The van der Waals surface area contributed by atoms with Crippen molar-refractivity contribution in [1.29, 1.82) is 0 Å². The van der Waals surface area contributed by atoms with Crippen LogP contribution in [0.3, 0.4) is 0 Å². The number of piperidine rings is 1. The number of aliphatic carboxylic acids is 1. The second kappa shape index (κ2) is 6.75. The van der Waals surface area contributed by atoms with Gasteiger partial charge in [0, 0.05) is 32.6 Å². The molecule has 21 heavy (non-hydrogen) atoms. The number of hydrogen-bond donors (Lipinski definition) is 2. The number of amides is 2. The Kier molecular flexibility index (Phi) is 5.00. The van der Waals surface area contributed by atoms with Gasteiger partial charge in [-0.15, -0.1) is 11.3 Å². The van der Waals surface area contributed by atoms with Crippen LogP contribution in [0.25, 0.3) is 0 Å². The van der Waals surface area contributed by atoms with Crippen LogP contribution in [0.15, 0.2) is 5.38 Å². The van der Waals surface area contributed by atoms with Crippen LogP contribution < -0.4 is 10.2 Å². The number of likely N-dealkylation sites (tertiary alicyclic amines) is 1. The molecule has 1 aliphatic heterocycles. The molecule has 2 N–H and O–H groups in total. The predicted molar refractivity (Wildman–Crippen MR) is 80.6 cm³/mol. The highest BCUT2D eigenvalue weighted by Gasteiger charge is 2.27. The minimum atomic E-state index is -0.831. The zero-order valence-corrected chi connectivity index (χ0v) is 13.0. The van der Waals surface area contributed by atoms with Gasteiger partial charge in [0.15, 0.2) is 5.13 Å². The molecule has 2 rings (SSSR count). The van der Waals surface area contributed by atoms with Crippen molar-refractivity contribution in [3.63, 3.8) is 0 Å². The third kappa shape index (κ3) is 4.07. The number of carboxylic acids is 1. The van der Waals surface area contributed by atoms with Crippen LogP contribution in [0.2, 0.25) is 0 Å². The first-order valence-electron chi connectivity index (χ1n) is 6.84. The normalized spacial score (nSPS) is 18.4. The molecule has 1 aromatic heterocycles. The standard InChI is InChI=1S/C13H20N4O3S/c1-16(2)13-15-10(8-21-13)6-14-12(20)17-5-3-4-9(7-17)11(18)19/h8-9H,3-7H2,1-2H3,(H,14,20)(H,18,19). The fourth-order valence-electron chi connectivity index (χ4n) is 2.22. The molecule has 1 fully saturated rings. The topological polar surface area (TPSA) is 85.8 Å². The van der Waals surface area contributed by atoms with E-state index in [1.807, 2.05) is 24.4 Å². The van der Waals surface area contributed by atoms with Crippen LogP contribution in [-0.2, 0) is 11.3 Å². The quantitative estimate of drug-likeness (QED) is 0.873. The number of carbonyl (C=O) groups is 2. The SMILES string of the molecule is CN(C)c1nc(CNC(=O)N2CCCC(C(=O)O)C2)cs1. The zero-order valence-electron chi connectivity index (χ0n) is 12.2. The molecule has 0 spiro atoms. The Bertz CT molecular complexity index is 517. The summed E-state index contributed by atoms with van der Waals surface area (Å²) in [6.45, 7) is 1.24. The lowest BCUT2D eigenvalue weighted by Gasteiger charge is -2.30. The van der Waals surface area contributed by atoms with Gasteiger partial charge in [0.1, 0.15) is 0 Å². The fourth-order valence-corrected chi connectivity index (χ4v) is 2.98. The van der Waals surface area contributed by atoms with Gasteiger partial charge in [-0.1, -0.05) is 0 Å². The molecule has 1 unspecified atom stereocenters. The molecular formula is C13H20N4O3S. The number of nitrogens with zero attached hydrogens (tertiary/aromatic N) is 3. The third-order valence-electron chi connectivity index (χ3n) is 3.40. The minimum Gasteiger partial charge on any atom is -0.481 e. The Balaban J connectivity index is 1.84. The van der Waals surface area contributed by atoms with E-state index in [0.717, 1.165) is 17.2 Å². The van der Waals surface area contributed by atoms with E-state index in [9.17, 15) is 9.59 Å². The van der Waals surface area contributed by atoms with E-state index in [-0.39, 0.29) is 12.6 Å². The number of carboxylic acid groups (broad SMARTS) is 1. The van der Waals surface area contributed by atoms with E-state index in [1.54, 1.807) is 4.90 Å². The maximum atomic E-state index is 12.1. The van der Waals surface area contributed by atoms with E-state index in [0.29, 0.717) is 19.5 Å². The zero-order chi connectivity index (χ0) is 15.4. The first kappa shape index (κ1) is 15.6. The highest BCUT2D eigenvalue weighted by molar-refractivity contribution is 7.13. The monoisotopic (exact) mass is 312 g/mol. The van der Waals surface area contributed by atoms with Gasteiger partial charge in [-0.05, 0) is 12.8 Å². The average Bonchev–Trinajstić information content (AvgIpc) is 2.94. The number of rotatable bonds is 4. The molecule has 0 bridgehead atoms. The Morgan fingerprint density at radius 3 is 2.95 bits per heavy atom. The van der Waals surface area contributed by atoms with Crippen LogP contribution in [0.1, 0.15) is 18.5 Å². The van der Waals surface area contributed by atoms with Crippen LogP contribution in [0.5, 0.6) is 0 Å². The van der Waals surface area contributed by atoms with Gasteiger partial charge < -0.3 is 20.2 Å². The lowest BCUT2D eigenvalue weighted by atomic mass is 9.99. The molecule has 1 aromatic rings. The summed E-state index contributed by atoms with van der Waals surface area (Å²) in [7, 11) is 3.84. The molecule has 0 aliphatic carbocycles. The number of carbonyl (C=O) groups excluding carboxylic acids is 1. The summed E-state index contributed by atoms with van der Waals surface area (Å²) < 4.78 is 0. The van der Waals surface area contributed by atoms with Crippen molar-refractivity contribution < 1.29 is 14.7 Å². The fraction of sp³-hybridized carbons (Fsp3) is 0.615. The summed E-state index contributed by atoms with van der Waals surface area (Å²) in [4.78, 5) is 30.9. The van der Waals surface area contributed by atoms with Crippen molar-refractivity contribution >= 4 is 28.5 Å². The van der Waals surface area contributed by atoms with E-state index >= 15 is 0 Å². The molecule has 0 radical (unpaired) electrons. The van der Waals surface area contributed by atoms with Gasteiger partial charge in [-0.25, -0.2) is 9.78 Å². The summed E-state index contributed by atoms with van der Waals surface area (Å²) in [6.07, 6.45) is 1.36. The largest absolute Gasteiger partial charge is 0.481 e. The van der Waals surface area contributed by atoms with Crippen LogP contribution in [0.4, 0.5) is 9.93 Å². The highest BCUT2D eigenvalue weighted by Crippen LogP contribution is 2.18. The van der Waals surface area contributed by atoms with Gasteiger partial charge >= 0.3 is 12.0 Å². The molecule has 8 heteroatoms. The van der Waals surface area contributed by atoms with E-state index in [1.165, 1.54) is 11.3 Å². The molecule has 1 atom stereocenters. The number of hydrogen-bond acceptors (Lipinski definition) is 5. The van der Waals surface area contributed by atoms with Crippen molar-refractivity contribution in [2.75, 3.05) is 32.1 Å². The Hall–Kier alpha value is -1.83. The lowest BCUT2D eigenvalue weighted by molar-refractivity contribution is -0.143. The maximum absolute atomic E-state index is 12.1. The Morgan fingerprint density at radius 1 is 1.57 bits per heavy atom. The third-order valence-corrected chi connectivity index (χ3v) is 4.46. The molecule has 116 valence electrons. The maximum Gasteiger partial charge on any atom is 0.317 e. The summed E-state index contributed by atoms with van der Waals surface area (Å²) in [5.41, 5.74) is 0.809. The predicted octanol–water partition coefficient (Wildman–Crippen LogP) is 1.22. The summed E-state index contributed by atoms with van der Waals surface area (Å²) in [5.74, 6) is -1.29. The second-order valence-corrected chi connectivity index (χ2v) is 6.13. The van der Waals surface area contributed by atoms with E-state index in [4.69, 9.17) is 5.11 Å².